The van der Waals surface area contributed by atoms with E-state index in [0.717, 1.165) is 13.0 Å². The number of benzene rings is 1. The molecule has 0 bridgehead atoms. The van der Waals surface area contributed by atoms with Crippen LogP contribution in [-0.4, -0.2) is 76.5 Å². The highest BCUT2D eigenvalue weighted by Gasteiger charge is 2.29. The van der Waals surface area contributed by atoms with Gasteiger partial charge in [0.1, 0.15) is 11.6 Å². The Kier molecular flexibility index (Phi) is 10.7. The van der Waals surface area contributed by atoms with Crippen LogP contribution in [0.4, 0.5) is 0 Å². The van der Waals surface area contributed by atoms with Crippen molar-refractivity contribution in [2.45, 2.75) is 45.4 Å². The third-order valence-electron chi connectivity index (χ3n) is 6.14. The van der Waals surface area contributed by atoms with Gasteiger partial charge >= 0.3 is 0 Å². The number of fused-ring (bicyclic) bond motifs is 1. The Morgan fingerprint density at radius 2 is 1.78 bits per heavy atom. The van der Waals surface area contributed by atoms with Crippen molar-refractivity contribution in [3.63, 3.8) is 0 Å². The summed E-state index contributed by atoms with van der Waals surface area (Å²) in [5.74, 6) is 1.38. The first-order valence-corrected chi connectivity index (χ1v) is 13.2. The molecule has 13 heteroatoms. The molecule has 1 N–H and O–H groups in total. The highest BCUT2D eigenvalue weighted by Crippen LogP contribution is 2.31. The minimum Gasteiger partial charge on any atom is -0.493 e. The van der Waals surface area contributed by atoms with Gasteiger partial charge in [0, 0.05) is 32.6 Å². The number of hydrogen-bond acceptors (Lipinski definition) is 7. The molecule has 3 heterocycles. The Bertz CT molecular complexity index is 1350. The number of aromatic nitrogens is 4. The monoisotopic (exact) mass is 648 g/mol. The van der Waals surface area contributed by atoms with Crippen LogP contribution in [0.25, 0.3) is 16.9 Å². The summed E-state index contributed by atoms with van der Waals surface area (Å²) in [5, 5.41) is 4.65. The van der Waals surface area contributed by atoms with Gasteiger partial charge in [-0.15, -0.1) is 39.1 Å². The molecule has 3 aromatic rings. The fraction of sp³-hybridized carbons (Fsp3) is 0.522. The minimum atomic E-state index is -3.71. The molecule has 1 fully saturated rings. The van der Waals surface area contributed by atoms with Gasteiger partial charge in [-0.1, -0.05) is 13.8 Å². The van der Waals surface area contributed by atoms with Crippen LogP contribution in [0, 0.1) is 6.92 Å². The molecule has 0 amide bonds. The number of nitrogens with zero attached hydrogens (tertiary/aromatic N) is 5. The molecule has 1 aliphatic heterocycles. The molecule has 0 radical (unpaired) electrons. The van der Waals surface area contributed by atoms with E-state index in [1.54, 1.807) is 29.6 Å². The zero-order valence-electron chi connectivity index (χ0n) is 21.0. The third kappa shape index (κ3) is 5.85. The zero-order chi connectivity index (χ0) is 24.5. The average molecular weight is 650 g/mol. The van der Waals surface area contributed by atoms with Crippen LogP contribution in [-0.2, 0) is 16.4 Å². The molecule has 10 nitrogen and oxygen atoms in total. The lowest BCUT2D eigenvalue weighted by atomic mass is 10.2. The van der Waals surface area contributed by atoms with Gasteiger partial charge in [-0.05, 0) is 45.0 Å². The van der Waals surface area contributed by atoms with Crippen molar-refractivity contribution in [2.24, 2.45) is 0 Å². The first kappa shape index (κ1) is 30.4. The summed E-state index contributed by atoms with van der Waals surface area (Å²) >= 11 is 0. The second kappa shape index (κ2) is 12.6. The molecule has 0 saturated carbocycles. The van der Waals surface area contributed by atoms with Crippen LogP contribution in [0.5, 0.6) is 5.75 Å². The number of aryl methyl sites for hydroxylation is 2. The summed E-state index contributed by atoms with van der Waals surface area (Å²) < 4.78 is 35.7. The van der Waals surface area contributed by atoms with Crippen LogP contribution in [0.2, 0.25) is 0 Å². The number of likely N-dealkylation sites (N-methyl/N-ethyl adjacent to an activating group) is 1. The number of aromatic amines is 1. The lowest BCUT2D eigenvalue weighted by Crippen LogP contribution is -2.48. The molecular formula is C23H34Br2N6O4S. The van der Waals surface area contributed by atoms with Gasteiger partial charge in [0.2, 0.25) is 10.0 Å². The highest BCUT2D eigenvalue weighted by molar-refractivity contribution is 8.93. The van der Waals surface area contributed by atoms with Crippen LogP contribution < -0.4 is 10.3 Å². The van der Waals surface area contributed by atoms with Gasteiger partial charge < -0.3 is 14.6 Å². The van der Waals surface area contributed by atoms with Gasteiger partial charge in [-0.2, -0.15) is 4.31 Å². The van der Waals surface area contributed by atoms with Crippen LogP contribution >= 0.6 is 34.0 Å². The van der Waals surface area contributed by atoms with Crippen molar-refractivity contribution < 1.29 is 13.2 Å². The molecule has 0 unspecified atom stereocenters. The van der Waals surface area contributed by atoms with E-state index < -0.39 is 10.0 Å². The van der Waals surface area contributed by atoms with Crippen molar-refractivity contribution in [1.82, 2.24) is 28.8 Å². The molecular weight excluding hydrogens is 616 g/mol. The number of ether oxygens (including phenoxy) is 1. The second-order valence-electron chi connectivity index (χ2n) is 8.36. The van der Waals surface area contributed by atoms with Gasteiger partial charge in [0.15, 0.2) is 11.3 Å². The molecule has 1 aliphatic rings. The Balaban J connectivity index is 0.00000228. The van der Waals surface area contributed by atoms with Gasteiger partial charge in [-0.3, -0.25) is 4.79 Å². The summed E-state index contributed by atoms with van der Waals surface area (Å²) in [4.78, 5) is 22.6. The summed E-state index contributed by atoms with van der Waals surface area (Å²) in [6, 6.07) is 4.72. The predicted octanol–water partition coefficient (Wildman–Crippen LogP) is 3.23. The SMILES string of the molecule is Br.Br.CCCc1nc(C)c2c(=O)[nH]c(-c3cc(S(=O)(=O)N4CCN(CC)CC4)ccc3OCC)nn12. The maximum absolute atomic E-state index is 13.4. The number of piperazine rings is 1. The van der Waals surface area contributed by atoms with E-state index in [9.17, 15) is 13.2 Å². The van der Waals surface area contributed by atoms with E-state index in [1.165, 1.54) is 4.31 Å². The van der Waals surface area contributed by atoms with Crippen molar-refractivity contribution in [2.75, 3.05) is 39.3 Å². The van der Waals surface area contributed by atoms with Crippen molar-refractivity contribution in [3.05, 3.63) is 40.1 Å². The molecule has 36 heavy (non-hydrogen) atoms. The number of imidazole rings is 1. The lowest BCUT2D eigenvalue weighted by molar-refractivity contribution is 0.196. The van der Waals surface area contributed by atoms with E-state index in [4.69, 9.17) is 4.74 Å². The zero-order valence-corrected chi connectivity index (χ0v) is 25.2. The first-order chi connectivity index (χ1) is 16.3. The van der Waals surface area contributed by atoms with Crippen LogP contribution in [0.15, 0.2) is 27.9 Å². The number of sulfonamides is 1. The molecule has 1 saturated heterocycles. The fourth-order valence-corrected chi connectivity index (χ4v) is 5.76. The number of nitrogens with one attached hydrogen (secondary N) is 1. The second-order valence-corrected chi connectivity index (χ2v) is 10.3. The van der Waals surface area contributed by atoms with Crippen LogP contribution in [0.3, 0.4) is 0 Å². The maximum atomic E-state index is 13.4. The molecule has 200 valence electrons. The topological polar surface area (TPSA) is 113 Å². The molecule has 0 aliphatic carbocycles. The average Bonchev–Trinajstić information content (AvgIpc) is 3.15. The molecule has 1 aromatic carbocycles. The van der Waals surface area contributed by atoms with E-state index in [2.05, 4.69) is 26.9 Å². The number of halogens is 2. The van der Waals surface area contributed by atoms with E-state index in [-0.39, 0.29) is 50.2 Å². The van der Waals surface area contributed by atoms with Gasteiger partial charge in [0.05, 0.1) is 22.8 Å². The van der Waals surface area contributed by atoms with Gasteiger partial charge in [-0.25, -0.2) is 17.9 Å². The largest absolute Gasteiger partial charge is 0.493 e. The van der Waals surface area contributed by atoms with Crippen molar-refractivity contribution in [1.29, 1.82) is 0 Å². The fourth-order valence-electron chi connectivity index (χ4n) is 4.31. The first-order valence-electron chi connectivity index (χ1n) is 11.8. The van der Waals surface area contributed by atoms with E-state index in [1.807, 2.05) is 13.8 Å². The number of hydrogen-bond donors (Lipinski definition) is 1. The predicted molar refractivity (Wildman–Crippen MR) is 150 cm³/mol. The number of rotatable bonds is 8. The molecule has 2 aromatic heterocycles. The standard InChI is InChI=1S/C23H32N6O4S.2BrH/c1-5-8-20-24-16(4)21-23(30)25-22(26-29(20)21)18-15-17(9-10-19(18)33-7-3)34(31,32)28-13-11-27(6-2)12-14-28;;/h9-10,15H,5-8,11-14H2,1-4H3,(H,25,26,30);2*1H. The Hall–Kier alpha value is -1.80. The Morgan fingerprint density at radius 3 is 2.39 bits per heavy atom. The highest BCUT2D eigenvalue weighted by atomic mass is 79.9. The lowest BCUT2D eigenvalue weighted by Gasteiger charge is -2.33. The van der Waals surface area contributed by atoms with E-state index >= 15 is 0 Å². The summed E-state index contributed by atoms with van der Waals surface area (Å²) in [5.41, 5.74) is 1.09. The molecule has 0 spiro atoms. The van der Waals surface area contributed by atoms with Crippen LogP contribution in [0.1, 0.15) is 38.7 Å². The smallest absolute Gasteiger partial charge is 0.277 e. The summed E-state index contributed by atoms with van der Waals surface area (Å²) in [6.45, 7) is 11.3. The van der Waals surface area contributed by atoms with Crippen molar-refractivity contribution >= 4 is 49.5 Å². The van der Waals surface area contributed by atoms with E-state index in [0.29, 0.717) is 67.6 Å². The van der Waals surface area contributed by atoms with Crippen molar-refractivity contribution in [3.8, 4) is 17.1 Å². The minimum absolute atomic E-state index is 0. The normalized spacial score (nSPS) is 14.9. The summed E-state index contributed by atoms with van der Waals surface area (Å²) in [6.07, 6.45) is 1.52. The summed E-state index contributed by atoms with van der Waals surface area (Å²) in [7, 11) is -3.71. The quantitative estimate of drug-likeness (QED) is 0.399. The third-order valence-corrected chi connectivity index (χ3v) is 8.03. The molecule has 4 rings (SSSR count). The molecule has 0 atom stereocenters. The van der Waals surface area contributed by atoms with Gasteiger partial charge in [0.25, 0.3) is 5.56 Å². The Morgan fingerprint density at radius 1 is 1.08 bits per heavy atom. The number of H-pyrrole nitrogens is 1. The maximum Gasteiger partial charge on any atom is 0.277 e. The Labute approximate surface area is 232 Å².